The van der Waals surface area contributed by atoms with Crippen molar-refractivity contribution in [2.45, 2.75) is 12.6 Å². The van der Waals surface area contributed by atoms with Gasteiger partial charge in [0.1, 0.15) is 0 Å². The summed E-state index contributed by atoms with van der Waals surface area (Å²) in [6, 6.07) is 5.82. The van der Waals surface area contributed by atoms with Crippen LogP contribution in [0.5, 0.6) is 0 Å². The van der Waals surface area contributed by atoms with Gasteiger partial charge in [0.15, 0.2) is 6.04 Å². The molecule has 1 aromatic carbocycles. The van der Waals surface area contributed by atoms with Crippen molar-refractivity contribution in [1.82, 2.24) is 10.6 Å². The van der Waals surface area contributed by atoms with Gasteiger partial charge in [-0.3, -0.25) is 0 Å². The smallest absolute Gasteiger partial charge is 0.328 e. The molecular formula is C12H15BrN2O4. The number of halogens is 1. The van der Waals surface area contributed by atoms with Crippen molar-refractivity contribution in [2.24, 2.45) is 0 Å². The summed E-state index contributed by atoms with van der Waals surface area (Å²) in [5.74, 6) is -1.14. The topological polar surface area (TPSA) is 87.7 Å². The first kappa shape index (κ1) is 15.5. The molecule has 19 heavy (non-hydrogen) atoms. The Morgan fingerprint density at radius 1 is 1.42 bits per heavy atom. The molecule has 6 nitrogen and oxygen atoms in total. The van der Waals surface area contributed by atoms with Gasteiger partial charge >= 0.3 is 12.0 Å². The maximum atomic E-state index is 11.6. The van der Waals surface area contributed by atoms with Crippen molar-refractivity contribution in [3.05, 3.63) is 34.3 Å². The highest BCUT2D eigenvalue weighted by Crippen LogP contribution is 2.15. The number of aliphatic carboxylic acids is 1. The molecular weight excluding hydrogens is 316 g/mol. The number of carbonyl (C=O) groups is 2. The molecule has 0 bridgehead atoms. The summed E-state index contributed by atoms with van der Waals surface area (Å²) in [4.78, 5) is 22.4. The highest BCUT2D eigenvalue weighted by atomic mass is 79.9. The van der Waals surface area contributed by atoms with E-state index in [1.54, 1.807) is 0 Å². The molecule has 0 aromatic heterocycles. The van der Waals surface area contributed by atoms with E-state index < -0.39 is 18.0 Å². The number of urea groups is 1. The summed E-state index contributed by atoms with van der Waals surface area (Å²) in [7, 11) is 1.37. The summed E-state index contributed by atoms with van der Waals surface area (Å²) < 4.78 is 5.59. The van der Waals surface area contributed by atoms with Crippen molar-refractivity contribution >= 4 is 27.9 Å². The van der Waals surface area contributed by atoms with Gasteiger partial charge in [-0.15, -0.1) is 0 Å². The van der Waals surface area contributed by atoms with Crippen LogP contribution in [0.3, 0.4) is 0 Å². The molecule has 0 saturated carbocycles. The minimum Gasteiger partial charge on any atom is -0.480 e. The maximum absolute atomic E-state index is 11.6. The SMILES string of the molecule is COCC(NC(=O)NCc1ccccc1Br)C(=O)O. The lowest BCUT2D eigenvalue weighted by Gasteiger charge is -2.14. The number of carboxylic acids is 1. The average molecular weight is 331 g/mol. The van der Waals surface area contributed by atoms with Gasteiger partial charge in [0.25, 0.3) is 0 Å². The zero-order valence-electron chi connectivity index (χ0n) is 10.4. The Hall–Kier alpha value is -1.60. The molecule has 3 N–H and O–H groups in total. The third kappa shape index (κ3) is 5.27. The first-order valence-corrected chi connectivity index (χ1v) is 6.33. The predicted octanol–water partition coefficient (Wildman–Crippen LogP) is 1.35. The molecule has 1 atom stereocenters. The number of carboxylic acid groups (broad SMARTS) is 1. The van der Waals surface area contributed by atoms with Gasteiger partial charge in [0.2, 0.25) is 0 Å². The van der Waals surface area contributed by atoms with Crippen LogP contribution in [0.15, 0.2) is 28.7 Å². The van der Waals surface area contributed by atoms with Crippen LogP contribution in [-0.2, 0) is 16.1 Å². The normalized spacial score (nSPS) is 11.7. The summed E-state index contributed by atoms with van der Waals surface area (Å²) in [5, 5.41) is 13.8. The van der Waals surface area contributed by atoms with Gasteiger partial charge in [-0.1, -0.05) is 34.1 Å². The van der Waals surface area contributed by atoms with Crippen molar-refractivity contribution in [3.63, 3.8) is 0 Å². The van der Waals surface area contributed by atoms with Crippen LogP contribution >= 0.6 is 15.9 Å². The van der Waals surface area contributed by atoms with E-state index in [0.717, 1.165) is 10.0 Å². The number of nitrogens with one attached hydrogen (secondary N) is 2. The molecule has 0 spiro atoms. The highest BCUT2D eigenvalue weighted by Gasteiger charge is 2.19. The van der Waals surface area contributed by atoms with E-state index in [9.17, 15) is 9.59 Å². The highest BCUT2D eigenvalue weighted by molar-refractivity contribution is 9.10. The Morgan fingerprint density at radius 3 is 2.68 bits per heavy atom. The number of hydrogen-bond donors (Lipinski definition) is 3. The fraction of sp³-hybridized carbons (Fsp3) is 0.333. The standard InChI is InChI=1S/C12H15BrN2O4/c1-19-7-10(11(16)17)15-12(18)14-6-8-4-2-3-5-9(8)13/h2-5,10H,6-7H2,1H3,(H,16,17)(H2,14,15,18). The summed E-state index contributed by atoms with van der Waals surface area (Å²) in [5.41, 5.74) is 0.899. The first-order valence-electron chi connectivity index (χ1n) is 5.54. The Morgan fingerprint density at radius 2 is 2.11 bits per heavy atom. The molecule has 0 aliphatic heterocycles. The fourth-order valence-electron chi connectivity index (χ4n) is 1.37. The van der Waals surface area contributed by atoms with Crippen LogP contribution in [-0.4, -0.2) is 36.9 Å². The number of benzene rings is 1. The zero-order chi connectivity index (χ0) is 14.3. The Labute approximate surface area is 119 Å². The molecule has 7 heteroatoms. The number of hydrogen-bond acceptors (Lipinski definition) is 3. The maximum Gasteiger partial charge on any atom is 0.328 e. The molecule has 0 fully saturated rings. The molecule has 1 rings (SSSR count). The lowest BCUT2D eigenvalue weighted by atomic mass is 10.2. The Bertz CT molecular complexity index is 453. The van der Waals surface area contributed by atoms with Crippen LogP contribution in [0, 0.1) is 0 Å². The lowest BCUT2D eigenvalue weighted by molar-refractivity contribution is -0.140. The van der Waals surface area contributed by atoms with Gasteiger partial charge in [-0.05, 0) is 11.6 Å². The molecule has 0 heterocycles. The van der Waals surface area contributed by atoms with Crippen molar-refractivity contribution < 1.29 is 19.4 Å². The minimum absolute atomic E-state index is 0.0855. The quantitative estimate of drug-likeness (QED) is 0.734. The van der Waals surface area contributed by atoms with Gasteiger partial charge < -0.3 is 20.5 Å². The average Bonchev–Trinajstić information content (AvgIpc) is 2.37. The summed E-state index contributed by atoms with van der Waals surface area (Å²) in [6.07, 6.45) is 0. The van der Waals surface area contributed by atoms with Gasteiger partial charge in [-0.25, -0.2) is 9.59 Å². The second-order valence-electron chi connectivity index (χ2n) is 3.76. The second-order valence-corrected chi connectivity index (χ2v) is 4.62. The van der Waals surface area contributed by atoms with E-state index in [1.807, 2.05) is 24.3 Å². The van der Waals surface area contributed by atoms with E-state index in [0.29, 0.717) is 6.54 Å². The first-order chi connectivity index (χ1) is 9.04. The largest absolute Gasteiger partial charge is 0.480 e. The molecule has 0 radical (unpaired) electrons. The van der Waals surface area contributed by atoms with E-state index >= 15 is 0 Å². The molecule has 1 unspecified atom stereocenters. The zero-order valence-corrected chi connectivity index (χ0v) is 11.9. The van der Waals surface area contributed by atoms with E-state index in [4.69, 9.17) is 9.84 Å². The van der Waals surface area contributed by atoms with Gasteiger partial charge in [0, 0.05) is 18.1 Å². The molecule has 1 aromatic rings. The monoisotopic (exact) mass is 330 g/mol. The number of carbonyl (C=O) groups excluding carboxylic acids is 1. The second kappa shape index (κ2) is 7.75. The van der Waals surface area contributed by atoms with E-state index in [-0.39, 0.29) is 6.61 Å². The van der Waals surface area contributed by atoms with Crippen molar-refractivity contribution in [1.29, 1.82) is 0 Å². The van der Waals surface area contributed by atoms with Crippen LogP contribution < -0.4 is 10.6 Å². The number of ether oxygens (including phenoxy) is 1. The number of rotatable bonds is 6. The number of methoxy groups -OCH3 is 1. The Kier molecular flexibility index (Phi) is 6.31. The fourth-order valence-corrected chi connectivity index (χ4v) is 1.79. The van der Waals surface area contributed by atoms with Crippen molar-refractivity contribution in [3.8, 4) is 0 Å². The summed E-state index contributed by atoms with van der Waals surface area (Å²) in [6.45, 7) is 0.213. The molecule has 0 saturated heterocycles. The summed E-state index contributed by atoms with van der Waals surface area (Å²) >= 11 is 3.36. The number of amides is 2. The third-order valence-electron chi connectivity index (χ3n) is 2.33. The molecule has 2 amide bonds. The van der Waals surface area contributed by atoms with Crippen LogP contribution in [0.2, 0.25) is 0 Å². The van der Waals surface area contributed by atoms with E-state index in [1.165, 1.54) is 7.11 Å². The Balaban J connectivity index is 2.47. The lowest BCUT2D eigenvalue weighted by Crippen LogP contribution is -2.48. The molecule has 0 aliphatic rings. The molecule has 104 valence electrons. The predicted molar refractivity (Wildman–Crippen MR) is 72.8 cm³/mol. The van der Waals surface area contributed by atoms with Crippen LogP contribution in [0.4, 0.5) is 4.79 Å². The minimum atomic E-state index is -1.14. The third-order valence-corrected chi connectivity index (χ3v) is 3.11. The van der Waals surface area contributed by atoms with Crippen molar-refractivity contribution in [2.75, 3.05) is 13.7 Å². The molecule has 0 aliphatic carbocycles. The van der Waals surface area contributed by atoms with Crippen LogP contribution in [0.1, 0.15) is 5.56 Å². The van der Waals surface area contributed by atoms with Gasteiger partial charge in [-0.2, -0.15) is 0 Å². The van der Waals surface area contributed by atoms with Gasteiger partial charge in [0.05, 0.1) is 6.61 Å². The van der Waals surface area contributed by atoms with Crippen LogP contribution in [0.25, 0.3) is 0 Å². The van der Waals surface area contributed by atoms with E-state index in [2.05, 4.69) is 26.6 Å².